The lowest BCUT2D eigenvalue weighted by molar-refractivity contribution is 0.0465. The third-order valence-corrected chi connectivity index (χ3v) is 6.00. The molecular formula is C24H27N5O2. The Morgan fingerprint density at radius 2 is 1.84 bits per heavy atom. The van der Waals surface area contributed by atoms with Crippen molar-refractivity contribution in [2.45, 2.75) is 25.7 Å². The van der Waals surface area contributed by atoms with Crippen LogP contribution in [0.1, 0.15) is 12.0 Å². The minimum absolute atomic E-state index is 0.301. The number of hydrogen-bond acceptors (Lipinski definition) is 5. The zero-order valence-electron chi connectivity index (χ0n) is 17.7. The number of aromatic nitrogens is 4. The fourth-order valence-corrected chi connectivity index (χ4v) is 4.20. The summed E-state index contributed by atoms with van der Waals surface area (Å²) in [5, 5.41) is 9.01. The molecule has 1 aliphatic heterocycles. The van der Waals surface area contributed by atoms with Crippen LogP contribution in [-0.4, -0.2) is 57.1 Å². The van der Waals surface area contributed by atoms with Crippen molar-refractivity contribution in [3.05, 3.63) is 72.9 Å². The van der Waals surface area contributed by atoms with Crippen LogP contribution in [0.15, 0.2) is 67.4 Å². The quantitative estimate of drug-likeness (QED) is 0.439. The second-order valence-corrected chi connectivity index (χ2v) is 7.99. The first-order valence-electron chi connectivity index (χ1n) is 10.7. The molecule has 0 N–H and O–H groups in total. The van der Waals surface area contributed by atoms with Gasteiger partial charge in [0.05, 0.1) is 19.8 Å². The number of hydrogen-bond donors (Lipinski definition) is 0. The monoisotopic (exact) mass is 417 g/mol. The van der Waals surface area contributed by atoms with E-state index in [-0.39, 0.29) is 0 Å². The molecule has 7 heteroatoms. The number of nitrogens with zero attached hydrogens (tertiary/aromatic N) is 5. The molecule has 1 atom stereocenters. The van der Waals surface area contributed by atoms with Crippen molar-refractivity contribution in [3.8, 4) is 11.4 Å². The summed E-state index contributed by atoms with van der Waals surface area (Å²) in [5.41, 5.74) is 3.51. The zero-order valence-corrected chi connectivity index (χ0v) is 17.7. The van der Waals surface area contributed by atoms with Gasteiger partial charge in [-0.1, -0.05) is 12.1 Å². The second-order valence-electron chi connectivity index (χ2n) is 7.99. The lowest BCUT2D eigenvalue weighted by Crippen LogP contribution is -2.26. The fourth-order valence-electron chi connectivity index (χ4n) is 4.20. The number of likely N-dealkylation sites (tertiary alicyclic amines) is 1. The van der Waals surface area contributed by atoms with E-state index in [9.17, 15) is 0 Å². The Labute approximate surface area is 181 Å². The molecule has 0 bridgehead atoms. The van der Waals surface area contributed by atoms with Gasteiger partial charge in [0.25, 0.3) is 0 Å². The van der Waals surface area contributed by atoms with Crippen LogP contribution in [0.5, 0.6) is 5.75 Å². The Hall–Kier alpha value is -3.16. The SMILES string of the molecule is COc1ccc(CO[C@@H]2CCN(CCn3ccc4cc(-n5cnnc5)ccc43)C2)cc1. The maximum atomic E-state index is 6.15. The molecule has 0 amide bonds. The van der Waals surface area contributed by atoms with Gasteiger partial charge in [0.1, 0.15) is 18.4 Å². The van der Waals surface area contributed by atoms with Crippen LogP contribution in [0.25, 0.3) is 16.6 Å². The van der Waals surface area contributed by atoms with E-state index in [1.54, 1.807) is 19.8 Å². The van der Waals surface area contributed by atoms with Crippen molar-refractivity contribution in [3.63, 3.8) is 0 Å². The van der Waals surface area contributed by atoms with E-state index in [0.29, 0.717) is 12.7 Å². The summed E-state index contributed by atoms with van der Waals surface area (Å²) >= 11 is 0. The van der Waals surface area contributed by atoms with Gasteiger partial charge in [0, 0.05) is 49.0 Å². The Morgan fingerprint density at radius 1 is 1.00 bits per heavy atom. The minimum atomic E-state index is 0.301. The van der Waals surface area contributed by atoms with E-state index in [4.69, 9.17) is 9.47 Å². The molecule has 5 rings (SSSR count). The van der Waals surface area contributed by atoms with Crippen molar-refractivity contribution in [2.75, 3.05) is 26.7 Å². The summed E-state index contributed by atoms with van der Waals surface area (Å²) in [6.07, 6.45) is 7.01. The van der Waals surface area contributed by atoms with Gasteiger partial charge in [-0.15, -0.1) is 10.2 Å². The van der Waals surface area contributed by atoms with E-state index in [1.165, 1.54) is 16.5 Å². The van der Waals surface area contributed by atoms with Gasteiger partial charge >= 0.3 is 0 Å². The molecule has 2 aromatic carbocycles. The molecule has 4 aromatic rings. The Morgan fingerprint density at radius 3 is 2.65 bits per heavy atom. The van der Waals surface area contributed by atoms with Gasteiger partial charge in [-0.25, -0.2) is 0 Å². The molecule has 0 radical (unpaired) electrons. The summed E-state index contributed by atoms with van der Waals surface area (Å²) in [5.74, 6) is 0.878. The van der Waals surface area contributed by atoms with Crippen LogP contribution in [0, 0.1) is 0 Å². The number of fused-ring (bicyclic) bond motifs is 1. The third kappa shape index (κ3) is 4.47. The third-order valence-electron chi connectivity index (χ3n) is 6.00. The summed E-state index contributed by atoms with van der Waals surface area (Å²) < 4.78 is 15.6. The highest BCUT2D eigenvalue weighted by atomic mass is 16.5. The van der Waals surface area contributed by atoms with Crippen LogP contribution >= 0.6 is 0 Å². The molecule has 0 unspecified atom stereocenters. The van der Waals surface area contributed by atoms with Gasteiger partial charge < -0.3 is 14.0 Å². The zero-order chi connectivity index (χ0) is 21.0. The van der Waals surface area contributed by atoms with E-state index in [2.05, 4.69) is 62.3 Å². The van der Waals surface area contributed by atoms with Crippen molar-refractivity contribution >= 4 is 10.9 Å². The highest BCUT2D eigenvalue weighted by molar-refractivity contribution is 5.82. The lowest BCUT2D eigenvalue weighted by atomic mass is 10.2. The first-order chi connectivity index (χ1) is 15.3. The Balaban J connectivity index is 1.13. The van der Waals surface area contributed by atoms with E-state index in [0.717, 1.165) is 44.0 Å². The first-order valence-corrected chi connectivity index (χ1v) is 10.7. The van der Waals surface area contributed by atoms with Crippen molar-refractivity contribution in [1.82, 2.24) is 24.2 Å². The van der Waals surface area contributed by atoms with Crippen LogP contribution in [0.2, 0.25) is 0 Å². The molecule has 0 aliphatic carbocycles. The molecule has 7 nitrogen and oxygen atoms in total. The molecule has 1 fully saturated rings. The minimum Gasteiger partial charge on any atom is -0.497 e. The first kappa shape index (κ1) is 19.8. The number of rotatable bonds is 8. The normalized spacial score (nSPS) is 16.9. The molecule has 0 spiro atoms. The predicted molar refractivity (Wildman–Crippen MR) is 119 cm³/mol. The predicted octanol–water partition coefficient (Wildman–Crippen LogP) is 3.52. The van der Waals surface area contributed by atoms with Gasteiger partial charge in [-0.05, 0) is 48.4 Å². The molecule has 1 saturated heterocycles. The molecule has 31 heavy (non-hydrogen) atoms. The van der Waals surface area contributed by atoms with E-state index >= 15 is 0 Å². The average molecular weight is 418 g/mol. The molecule has 160 valence electrons. The van der Waals surface area contributed by atoms with Gasteiger partial charge in [0.15, 0.2) is 0 Å². The van der Waals surface area contributed by atoms with Crippen molar-refractivity contribution < 1.29 is 9.47 Å². The molecule has 0 saturated carbocycles. The van der Waals surface area contributed by atoms with Crippen molar-refractivity contribution in [1.29, 1.82) is 0 Å². The van der Waals surface area contributed by atoms with Crippen LogP contribution in [0.4, 0.5) is 0 Å². The lowest BCUT2D eigenvalue weighted by Gasteiger charge is -2.17. The molecule has 3 heterocycles. The fraction of sp³-hybridized carbons (Fsp3) is 0.333. The van der Waals surface area contributed by atoms with Gasteiger partial charge in [-0.3, -0.25) is 9.47 Å². The largest absolute Gasteiger partial charge is 0.497 e. The summed E-state index contributed by atoms with van der Waals surface area (Å²) in [4.78, 5) is 2.50. The summed E-state index contributed by atoms with van der Waals surface area (Å²) in [6, 6.07) is 16.7. The summed E-state index contributed by atoms with van der Waals surface area (Å²) in [7, 11) is 1.69. The average Bonchev–Trinajstić information content (AvgIpc) is 3.57. The maximum Gasteiger partial charge on any atom is 0.123 e. The van der Waals surface area contributed by atoms with E-state index < -0.39 is 0 Å². The Bertz CT molecular complexity index is 1120. The smallest absolute Gasteiger partial charge is 0.123 e. The highest BCUT2D eigenvalue weighted by Gasteiger charge is 2.22. The van der Waals surface area contributed by atoms with Crippen LogP contribution in [0.3, 0.4) is 0 Å². The van der Waals surface area contributed by atoms with Gasteiger partial charge in [-0.2, -0.15) is 0 Å². The topological polar surface area (TPSA) is 57.3 Å². The van der Waals surface area contributed by atoms with E-state index in [1.807, 2.05) is 16.7 Å². The molecular weight excluding hydrogens is 390 g/mol. The number of benzene rings is 2. The second kappa shape index (κ2) is 8.91. The van der Waals surface area contributed by atoms with Gasteiger partial charge in [0.2, 0.25) is 0 Å². The molecule has 2 aromatic heterocycles. The number of methoxy groups -OCH3 is 1. The maximum absolute atomic E-state index is 6.15. The Kier molecular flexibility index (Phi) is 5.69. The highest BCUT2D eigenvalue weighted by Crippen LogP contribution is 2.21. The summed E-state index contributed by atoms with van der Waals surface area (Å²) in [6.45, 7) is 4.73. The van der Waals surface area contributed by atoms with Crippen molar-refractivity contribution in [2.24, 2.45) is 0 Å². The standard InChI is InChI=1S/C24H27N5O2/c1-30-22-5-2-19(3-6-22)16-31-23-9-10-27(15-23)12-13-28-11-8-20-14-21(4-7-24(20)28)29-17-25-26-18-29/h2-8,11,14,17-18,23H,9-10,12-13,15-16H2,1H3/t23-/m1/s1. The molecule has 1 aliphatic rings. The van der Waals surface area contributed by atoms with Crippen LogP contribution in [-0.2, 0) is 17.9 Å². The number of ether oxygens (including phenoxy) is 2. The van der Waals surface area contributed by atoms with Crippen LogP contribution < -0.4 is 4.74 Å².